The van der Waals surface area contributed by atoms with Crippen molar-refractivity contribution in [1.82, 2.24) is 24.5 Å². The van der Waals surface area contributed by atoms with Crippen LogP contribution in [0.1, 0.15) is 32.2 Å². The van der Waals surface area contributed by atoms with Gasteiger partial charge in [-0.3, -0.25) is 19.2 Å². The molecule has 2 fully saturated rings. The summed E-state index contributed by atoms with van der Waals surface area (Å²) in [5, 5.41) is 4.17. The molecule has 1 spiro atoms. The fraction of sp³-hybridized carbons (Fsp3) is 0.625. The number of carbonyl (C=O) groups is 3. The summed E-state index contributed by atoms with van der Waals surface area (Å²) in [6, 6.07) is 1.20. The summed E-state index contributed by atoms with van der Waals surface area (Å²) in [6.45, 7) is 2.89. The van der Waals surface area contributed by atoms with E-state index in [2.05, 4.69) is 5.10 Å². The molecule has 130 valence electrons. The monoisotopic (exact) mass is 333 g/mol. The molecule has 3 heterocycles. The highest BCUT2D eigenvalue weighted by atomic mass is 16.2. The molecule has 8 nitrogen and oxygen atoms in total. The number of piperidine rings is 1. The van der Waals surface area contributed by atoms with Crippen LogP contribution in [-0.2, 0) is 9.59 Å². The molecule has 8 heteroatoms. The third-order valence-electron chi connectivity index (χ3n) is 5.34. The first-order valence-electron chi connectivity index (χ1n) is 8.26. The van der Waals surface area contributed by atoms with E-state index in [9.17, 15) is 14.4 Å². The van der Waals surface area contributed by atoms with Crippen LogP contribution < -0.4 is 0 Å². The lowest BCUT2D eigenvalue weighted by atomic mass is 9.86. The third-order valence-corrected chi connectivity index (χ3v) is 5.34. The minimum absolute atomic E-state index is 0.0174. The zero-order valence-electron chi connectivity index (χ0n) is 14.3. The number of hydrogen-bond donors (Lipinski definition) is 0. The average Bonchev–Trinajstić information content (AvgIpc) is 3.17. The number of carbonyl (C=O) groups excluding carboxylic acids is 3. The number of likely N-dealkylation sites (N-methyl/N-ethyl adjacent to an activating group) is 2. The van der Waals surface area contributed by atoms with Crippen molar-refractivity contribution in [3.63, 3.8) is 0 Å². The van der Waals surface area contributed by atoms with Crippen molar-refractivity contribution in [2.75, 3.05) is 27.2 Å². The van der Waals surface area contributed by atoms with Gasteiger partial charge in [-0.05, 0) is 25.3 Å². The first kappa shape index (κ1) is 16.5. The van der Waals surface area contributed by atoms with Gasteiger partial charge >= 0.3 is 6.03 Å². The number of rotatable bonds is 3. The summed E-state index contributed by atoms with van der Waals surface area (Å²) in [5.41, 5.74) is -0.796. The lowest BCUT2D eigenvalue weighted by molar-refractivity contribution is -0.142. The predicted octanol–water partition coefficient (Wildman–Crippen LogP) is 0.719. The van der Waals surface area contributed by atoms with Crippen LogP contribution in [0.15, 0.2) is 18.5 Å². The van der Waals surface area contributed by atoms with Gasteiger partial charge in [0, 0.05) is 39.6 Å². The normalized spacial score (nSPS) is 21.7. The zero-order valence-corrected chi connectivity index (χ0v) is 14.3. The van der Waals surface area contributed by atoms with Crippen molar-refractivity contribution in [2.24, 2.45) is 0 Å². The Kier molecular flexibility index (Phi) is 4.06. The van der Waals surface area contributed by atoms with E-state index >= 15 is 0 Å². The molecule has 0 aliphatic carbocycles. The Morgan fingerprint density at radius 1 is 1.29 bits per heavy atom. The lowest BCUT2D eigenvalue weighted by Gasteiger charge is -2.41. The van der Waals surface area contributed by atoms with Gasteiger partial charge in [0.15, 0.2) is 0 Å². The molecule has 3 rings (SSSR count). The molecule has 0 unspecified atom stereocenters. The van der Waals surface area contributed by atoms with E-state index in [-0.39, 0.29) is 23.9 Å². The highest BCUT2D eigenvalue weighted by Gasteiger charge is 2.55. The smallest absolute Gasteiger partial charge is 0.327 e. The Bertz CT molecular complexity index is 649. The Balaban J connectivity index is 1.72. The quantitative estimate of drug-likeness (QED) is 0.764. The van der Waals surface area contributed by atoms with Crippen molar-refractivity contribution in [3.8, 4) is 0 Å². The van der Waals surface area contributed by atoms with Crippen molar-refractivity contribution in [1.29, 1.82) is 0 Å². The largest absolute Gasteiger partial charge is 0.341 e. The summed E-state index contributed by atoms with van der Waals surface area (Å²) < 4.78 is 1.68. The van der Waals surface area contributed by atoms with Gasteiger partial charge in [0.2, 0.25) is 5.91 Å². The Morgan fingerprint density at radius 3 is 2.42 bits per heavy atom. The number of urea groups is 1. The van der Waals surface area contributed by atoms with Gasteiger partial charge in [0.25, 0.3) is 5.91 Å². The first-order chi connectivity index (χ1) is 11.4. The minimum Gasteiger partial charge on any atom is -0.341 e. The molecule has 2 saturated heterocycles. The molecule has 0 N–H and O–H groups in total. The van der Waals surface area contributed by atoms with Crippen LogP contribution in [0.25, 0.3) is 0 Å². The van der Waals surface area contributed by atoms with E-state index in [1.165, 1.54) is 16.8 Å². The number of likely N-dealkylation sites (tertiary alicyclic amines) is 1. The maximum atomic E-state index is 12.8. The molecule has 24 heavy (non-hydrogen) atoms. The SMILES string of the molecule is CC[C@H](C(=O)N1CCC2(CC1)C(=O)N(C)C(=O)N2C)n1cccn1. The molecule has 1 aromatic rings. The Labute approximate surface area is 141 Å². The standard InChI is InChI=1S/C16H23N5O3/c1-4-12(21-9-5-8-17-21)13(22)20-10-6-16(7-11-20)14(23)18(2)15(24)19(16)3/h5,8-9,12H,4,6-7,10-11H2,1-3H3/t12-/m1/s1. The second-order valence-electron chi connectivity index (χ2n) is 6.47. The average molecular weight is 333 g/mol. The number of imide groups is 1. The molecule has 4 amide bonds. The molecule has 1 atom stereocenters. The van der Waals surface area contributed by atoms with Crippen LogP contribution >= 0.6 is 0 Å². The zero-order chi connectivity index (χ0) is 17.5. The van der Waals surface area contributed by atoms with Gasteiger partial charge in [0.1, 0.15) is 11.6 Å². The number of amides is 4. The van der Waals surface area contributed by atoms with E-state index in [1.807, 2.05) is 6.92 Å². The van der Waals surface area contributed by atoms with E-state index in [4.69, 9.17) is 0 Å². The molecular weight excluding hydrogens is 310 g/mol. The van der Waals surface area contributed by atoms with Crippen LogP contribution in [0.5, 0.6) is 0 Å². The summed E-state index contributed by atoms with van der Waals surface area (Å²) >= 11 is 0. The fourth-order valence-electron chi connectivity index (χ4n) is 3.75. The summed E-state index contributed by atoms with van der Waals surface area (Å²) in [6.07, 6.45) is 5.05. The summed E-state index contributed by atoms with van der Waals surface area (Å²) in [7, 11) is 3.18. The second-order valence-corrected chi connectivity index (χ2v) is 6.47. The molecule has 0 aromatic carbocycles. The van der Waals surface area contributed by atoms with Crippen LogP contribution in [0.3, 0.4) is 0 Å². The molecule has 0 radical (unpaired) electrons. The lowest BCUT2D eigenvalue weighted by Crippen LogP contribution is -2.56. The van der Waals surface area contributed by atoms with Crippen LogP contribution in [0.4, 0.5) is 4.79 Å². The van der Waals surface area contributed by atoms with Gasteiger partial charge in [-0.1, -0.05) is 6.92 Å². The molecule has 0 saturated carbocycles. The van der Waals surface area contributed by atoms with Crippen LogP contribution in [0.2, 0.25) is 0 Å². The molecule has 2 aliphatic heterocycles. The topological polar surface area (TPSA) is 78.8 Å². The second kappa shape index (κ2) is 5.92. The molecule has 2 aliphatic rings. The van der Waals surface area contributed by atoms with Crippen molar-refractivity contribution >= 4 is 17.8 Å². The Hall–Kier alpha value is -2.38. The molecular formula is C16H23N5O3. The van der Waals surface area contributed by atoms with Gasteiger partial charge in [-0.2, -0.15) is 5.10 Å². The predicted molar refractivity (Wildman–Crippen MR) is 86.0 cm³/mol. The summed E-state index contributed by atoms with van der Waals surface area (Å²) in [4.78, 5) is 41.9. The highest BCUT2D eigenvalue weighted by molar-refractivity contribution is 6.06. The number of aromatic nitrogens is 2. The van der Waals surface area contributed by atoms with Crippen molar-refractivity contribution < 1.29 is 14.4 Å². The van der Waals surface area contributed by atoms with E-state index in [0.29, 0.717) is 32.4 Å². The third kappa shape index (κ3) is 2.28. The van der Waals surface area contributed by atoms with Gasteiger partial charge in [-0.15, -0.1) is 0 Å². The van der Waals surface area contributed by atoms with Crippen molar-refractivity contribution in [2.45, 2.75) is 37.8 Å². The number of hydrogen-bond acceptors (Lipinski definition) is 4. The van der Waals surface area contributed by atoms with Gasteiger partial charge < -0.3 is 9.80 Å². The van der Waals surface area contributed by atoms with Crippen molar-refractivity contribution in [3.05, 3.63) is 18.5 Å². The maximum Gasteiger partial charge on any atom is 0.327 e. The fourth-order valence-corrected chi connectivity index (χ4v) is 3.75. The Morgan fingerprint density at radius 2 is 1.96 bits per heavy atom. The van der Waals surface area contributed by atoms with E-state index < -0.39 is 5.54 Å². The van der Waals surface area contributed by atoms with Gasteiger partial charge in [-0.25, -0.2) is 4.79 Å². The number of nitrogens with zero attached hydrogens (tertiary/aromatic N) is 5. The van der Waals surface area contributed by atoms with Gasteiger partial charge in [0.05, 0.1) is 0 Å². The molecule has 1 aromatic heterocycles. The van der Waals surface area contributed by atoms with E-state index in [0.717, 1.165) is 0 Å². The minimum atomic E-state index is -0.796. The van der Waals surface area contributed by atoms with E-state index in [1.54, 1.807) is 35.1 Å². The highest BCUT2D eigenvalue weighted by Crippen LogP contribution is 2.36. The first-order valence-corrected chi connectivity index (χ1v) is 8.26. The van der Waals surface area contributed by atoms with Crippen LogP contribution in [0, 0.1) is 0 Å². The summed E-state index contributed by atoms with van der Waals surface area (Å²) in [5.74, 6) is -0.148. The maximum absolute atomic E-state index is 12.8. The molecule has 0 bridgehead atoms. The van der Waals surface area contributed by atoms with Crippen LogP contribution in [-0.4, -0.2) is 75.0 Å².